The molecule has 3 N–H and O–H groups in total. The van der Waals surface area contributed by atoms with Gasteiger partial charge in [-0.2, -0.15) is 0 Å². The van der Waals surface area contributed by atoms with Gasteiger partial charge in [0.1, 0.15) is 11.5 Å². The molecule has 1 aromatic carbocycles. The molecule has 1 aromatic rings. The molecule has 1 heterocycles. The zero-order valence-electron chi connectivity index (χ0n) is 10.7. The van der Waals surface area contributed by atoms with Gasteiger partial charge in [0.15, 0.2) is 6.61 Å². The number of amides is 1. The Morgan fingerprint density at radius 1 is 1.56 bits per heavy atom. The minimum absolute atomic E-state index is 0.0267. The van der Waals surface area contributed by atoms with Crippen LogP contribution in [0.4, 0.5) is 11.4 Å². The molecule has 0 radical (unpaired) electrons. The molecule has 1 atom stereocenters. The maximum atomic E-state index is 11.2. The molecule has 0 bridgehead atoms. The topological polar surface area (TPSA) is 73.6 Å². The van der Waals surface area contributed by atoms with E-state index in [4.69, 9.17) is 15.2 Å². The van der Waals surface area contributed by atoms with Gasteiger partial charge in [-0.3, -0.25) is 4.79 Å². The number of rotatable bonds is 4. The van der Waals surface area contributed by atoms with Crippen LogP contribution in [-0.4, -0.2) is 18.6 Å². The Kier molecular flexibility index (Phi) is 3.60. The van der Waals surface area contributed by atoms with Crippen molar-refractivity contribution in [2.75, 3.05) is 17.7 Å². The molecule has 5 nitrogen and oxygen atoms in total. The molecule has 18 heavy (non-hydrogen) atoms. The fraction of sp³-hybridized carbons (Fsp3) is 0.462. The molecule has 5 heteroatoms. The zero-order chi connectivity index (χ0) is 13.1. The van der Waals surface area contributed by atoms with Gasteiger partial charge in [-0.05, 0) is 13.3 Å². The molecule has 0 saturated heterocycles. The van der Waals surface area contributed by atoms with Crippen molar-refractivity contribution >= 4 is 17.3 Å². The van der Waals surface area contributed by atoms with Crippen LogP contribution in [0.1, 0.15) is 26.7 Å². The predicted octanol–water partition coefficient (Wildman–Crippen LogP) is 2.17. The number of hydrogen-bond donors (Lipinski definition) is 2. The van der Waals surface area contributed by atoms with Crippen molar-refractivity contribution in [3.05, 3.63) is 12.1 Å². The summed E-state index contributed by atoms with van der Waals surface area (Å²) in [6.45, 7) is 4.13. The van der Waals surface area contributed by atoms with Gasteiger partial charge in [-0.15, -0.1) is 0 Å². The summed E-state index contributed by atoms with van der Waals surface area (Å²) in [5.41, 5.74) is 7.04. The Morgan fingerprint density at radius 2 is 2.33 bits per heavy atom. The molecule has 1 aliphatic heterocycles. The molecule has 2 rings (SSSR count). The van der Waals surface area contributed by atoms with E-state index in [9.17, 15) is 4.79 Å². The number of nitrogens with two attached hydrogens (primary N) is 1. The van der Waals surface area contributed by atoms with E-state index in [1.807, 2.05) is 6.92 Å². The minimum atomic E-state index is -0.167. The Balaban J connectivity index is 2.21. The molecule has 0 fully saturated rings. The van der Waals surface area contributed by atoms with E-state index < -0.39 is 0 Å². The number of carbonyl (C=O) groups is 1. The normalized spacial score (nSPS) is 15.3. The fourth-order valence-electron chi connectivity index (χ4n) is 1.91. The Morgan fingerprint density at radius 3 is 3.06 bits per heavy atom. The summed E-state index contributed by atoms with van der Waals surface area (Å²) in [5.74, 6) is 1.00. The van der Waals surface area contributed by atoms with E-state index in [0.717, 1.165) is 12.8 Å². The SMILES string of the molecule is CCCC(C)Oc1cc2c(cc1N)OCC(=O)N2. The average Bonchev–Trinajstić information content (AvgIpc) is 2.31. The first-order valence-electron chi connectivity index (χ1n) is 6.13. The molecule has 0 aliphatic carbocycles. The number of carbonyl (C=O) groups excluding carboxylic acids is 1. The third-order valence-electron chi connectivity index (χ3n) is 2.77. The number of ether oxygens (including phenoxy) is 2. The van der Waals surface area contributed by atoms with Crippen molar-refractivity contribution in [3.8, 4) is 11.5 Å². The van der Waals surface area contributed by atoms with Crippen LogP contribution in [0.25, 0.3) is 0 Å². The minimum Gasteiger partial charge on any atom is -0.488 e. The first-order chi connectivity index (χ1) is 8.60. The fourth-order valence-corrected chi connectivity index (χ4v) is 1.91. The maximum absolute atomic E-state index is 11.2. The van der Waals surface area contributed by atoms with E-state index in [1.165, 1.54) is 0 Å². The number of fused-ring (bicyclic) bond motifs is 1. The van der Waals surface area contributed by atoms with Crippen LogP contribution in [-0.2, 0) is 4.79 Å². The predicted molar refractivity (Wildman–Crippen MR) is 70.0 cm³/mol. The monoisotopic (exact) mass is 250 g/mol. The second-order valence-corrected chi connectivity index (χ2v) is 4.44. The summed E-state index contributed by atoms with van der Waals surface area (Å²) in [7, 11) is 0. The average molecular weight is 250 g/mol. The van der Waals surface area contributed by atoms with Gasteiger partial charge in [0.2, 0.25) is 0 Å². The second-order valence-electron chi connectivity index (χ2n) is 4.44. The third kappa shape index (κ3) is 2.67. The number of hydrogen-bond acceptors (Lipinski definition) is 4. The molecule has 0 saturated carbocycles. The van der Waals surface area contributed by atoms with E-state index in [0.29, 0.717) is 22.9 Å². The number of nitrogen functional groups attached to an aromatic ring is 1. The number of nitrogens with one attached hydrogen (secondary N) is 1. The standard InChI is InChI=1S/C13H18N2O3/c1-3-4-8(2)18-11-6-10-12(5-9(11)14)17-7-13(16)15-10/h5-6,8H,3-4,7,14H2,1-2H3,(H,15,16). The smallest absolute Gasteiger partial charge is 0.262 e. The van der Waals surface area contributed by atoms with Crippen LogP contribution in [0, 0.1) is 0 Å². The highest BCUT2D eigenvalue weighted by molar-refractivity contribution is 5.96. The van der Waals surface area contributed by atoms with E-state index in [-0.39, 0.29) is 18.6 Å². The van der Waals surface area contributed by atoms with E-state index in [1.54, 1.807) is 12.1 Å². The highest BCUT2D eigenvalue weighted by Gasteiger charge is 2.19. The summed E-state index contributed by atoms with van der Waals surface area (Å²) in [6, 6.07) is 3.40. The molecular formula is C13H18N2O3. The maximum Gasteiger partial charge on any atom is 0.262 e. The van der Waals surface area contributed by atoms with Gasteiger partial charge in [0.05, 0.1) is 17.5 Å². The first kappa shape index (κ1) is 12.5. The third-order valence-corrected chi connectivity index (χ3v) is 2.77. The van der Waals surface area contributed by atoms with Gasteiger partial charge in [0.25, 0.3) is 5.91 Å². The van der Waals surface area contributed by atoms with Crippen LogP contribution >= 0.6 is 0 Å². The van der Waals surface area contributed by atoms with Crippen LogP contribution in [0.5, 0.6) is 11.5 Å². The largest absolute Gasteiger partial charge is 0.488 e. The highest BCUT2D eigenvalue weighted by Crippen LogP contribution is 2.37. The molecule has 1 unspecified atom stereocenters. The van der Waals surface area contributed by atoms with Gasteiger partial charge in [-0.25, -0.2) is 0 Å². The lowest BCUT2D eigenvalue weighted by Gasteiger charge is -2.21. The number of benzene rings is 1. The van der Waals surface area contributed by atoms with Crippen molar-refractivity contribution in [3.63, 3.8) is 0 Å². The molecule has 1 amide bonds. The zero-order valence-corrected chi connectivity index (χ0v) is 10.7. The summed E-state index contributed by atoms with van der Waals surface area (Å²) >= 11 is 0. The Labute approximate surface area is 106 Å². The molecule has 1 aliphatic rings. The van der Waals surface area contributed by atoms with Gasteiger partial charge < -0.3 is 20.5 Å². The van der Waals surface area contributed by atoms with E-state index >= 15 is 0 Å². The lowest BCUT2D eigenvalue weighted by Crippen LogP contribution is -2.25. The van der Waals surface area contributed by atoms with Gasteiger partial charge in [0, 0.05) is 12.1 Å². The number of anilines is 2. The summed E-state index contributed by atoms with van der Waals surface area (Å²) < 4.78 is 11.0. The van der Waals surface area contributed by atoms with E-state index in [2.05, 4.69) is 12.2 Å². The quantitative estimate of drug-likeness (QED) is 0.803. The molecule has 0 spiro atoms. The summed E-state index contributed by atoms with van der Waals surface area (Å²) in [6.07, 6.45) is 2.10. The Bertz CT molecular complexity index is 460. The van der Waals surface area contributed by atoms with Gasteiger partial charge in [-0.1, -0.05) is 13.3 Å². The second kappa shape index (κ2) is 5.16. The first-order valence-corrected chi connectivity index (χ1v) is 6.13. The van der Waals surface area contributed by atoms with Crippen molar-refractivity contribution in [2.24, 2.45) is 0 Å². The summed E-state index contributed by atoms with van der Waals surface area (Å²) in [4.78, 5) is 11.2. The molecule has 0 aromatic heterocycles. The van der Waals surface area contributed by atoms with Crippen molar-refractivity contribution in [2.45, 2.75) is 32.8 Å². The molecule has 98 valence electrons. The van der Waals surface area contributed by atoms with Crippen LogP contribution in [0.15, 0.2) is 12.1 Å². The lowest BCUT2D eigenvalue weighted by molar-refractivity contribution is -0.118. The van der Waals surface area contributed by atoms with Crippen LogP contribution in [0.2, 0.25) is 0 Å². The van der Waals surface area contributed by atoms with Crippen molar-refractivity contribution in [1.82, 2.24) is 0 Å². The van der Waals surface area contributed by atoms with Crippen molar-refractivity contribution in [1.29, 1.82) is 0 Å². The Hall–Kier alpha value is -1.91. The lowest BCUT2D eigenvalue weighted by atomic mass is 10.2. The summed E-state index contributed by atoms with van der Waals surface area (Å²) in [5, 5.41) is 2.73. The van der Waals surface area contributed by atoms with Crippen LogP contribution in [0.3, 0.4) is 0 Å². The van der Waals surface area contributed by atoms with Gasteiger partial charge >= 0.3 is 0 Å². The van der Waals surface area contributed by atoms with Crippen molar-refractivity contribution < 1.29 is 14.3 Å². The van der Waals surface area contributed by atoms with Crippen LogP contribution < -0.4 is 20.5 Å². The molecular weight excluding hydrogens is 232 g/mol. The highest BCUT2D eigenvalue weighted by atomic mass is 16.5.